The molecule has 0 aliphatic rings. The van der Waals surface area contributed by atoms with Gasteiger partial charge in [0.2, 0.25) is 0 Å². The summed E-state index contributed by atoms with van der Waals surface area (Å²) in [5.41, 5.74) is 3.39. The molecule has 0 aliphatic heterocycles. The van der Waals surface area contributed by atoms with Crippen LogP contribution in [0.1, 0.15) is 91.4 Å². The number of hydrogen-bond donors (Lipinski definition) is 6. The largest absolute Gasteiger partial charge is 0.396 e. The summed E-state index contributed by atoms with van der Waals surface area (Å²) < 4.78 is 27.1. The maximum Gasteiger partial charge on any atom is 0.267 e. The van der Waals surface area contributed by atoms with Crippen LogP contribution in [0.25, 0.3) is 0 Å². The van der Waals surface area contributed by atoms with Crippen molar-refractivity contribution in [3.8, 4) is 0 Å². The highest BCUT2D eigenvalue weighted by atomic mass is 32.2. The van der Waals surface area contributed by atoms with Gasteiger partial charge in [0.15, 0.2) is 0 Å². The maximum absolute atomic E-state index is 10.6. The topological polar surface area (TPSA) is 165 Å². The molecule has 176 valence electrons. The van der Waals surface area contributed by atoms with Crippen LogP contribution < -0.4 is 5.73 Å². The summed E-state index contributed by atoms with van der Waals surface area (Å²) >= 11 is 0. The number of aliphatic hydroxyl groups excluding tert-OH is 2. The Labute approximate surface area is 177 Å². The first-order chi connectivity index (χ1) is 13.4. The second kappa shape index (κ2) is 16.0. The zero-order valence-electron chi connectivity index (χ0n) is 18.5. The van der Waals surface area contributed by atoms with Crippen LogP contribution in [0.15, 0.2) is 0 Å². The molecule has 0 fully saturated rings. The normalized spacial score (nSPS) is 14.0. The molecular weight excluding hydrogens is 396 g/mol. The van der Waals surface area contributed by atoms with E-state index in [1.807, 2.05) is 0 Å². The van der Waals surface area contributed by atoms with Gasteiger partial charge >= 0.3 is 0 Å². The SMILES string of the molecule is CCCCCCCCCCCCC(O)(C(=N)N)C(C)(C)CO.O=S(=O)(O)CCO. The Morgan fingerprint density at radius 1 is 0.931 bits per heavy atom. The fourth-order valence-corrected chi connectivity index (χ4v) is 3.18. The molecule has 0 rings (SSSR count). The zero-order valence-corrected chi connectivity index (χ0v) is 19.3. The van der Waals surface area contributed by atoms with Crippen LogP contribution >= 0.6 is 0 Å². The number of hydrogen-bond acceptors (Lipinski definition) is 6. The van der Waals surface area contributed by atoms with E-state index in [4.69, 9.17) is 20.8 Å². The van der Waals surface area contributed by atoms with E-state index in [0.717, 1.165) is 12.8 Å². The summed E-state index contributed by atoms with van der Waals surface area (Å²) in [7, 11) is -3.92. The Bertz CT molecular complexity index is 525. The number of nitrogens with one attached hydrogen (secondary N) is 1. The molecule has 0 aliphatic carbocycles. The minimum absolute atomic E-state index is 0.180. The Balaban J connectivity index is 0. The summed E-state index contributed by atoms with van der Waals surface area (Å²) in [6, 6.07) is 0. The first-order valence-corrected chi connectivity index (χ1v) is 12.2. The molecule has 0 saturated carbocycles. The van der Waals surface area contributed by atoms with Crippen molar-refractivity contribution in [1.82, 2.24) is 0 Å². The Morgan fingerprint density at radius 2 is 1.34 bits per heavy atom. The van der Waals surface area contributed by atoms with E-state index in [1.54, 1.807) is 13.8 Å². The fraction of sp³-hybridized carbons (Fsp3) is 0.950. The summed E-state index contributed by atoms with van der Waals surface area (Å²) in [6.45, 7) is 5.04. The first kappa shape index (κ1) is 30.5. The molecule has 1 unspecified atom stereocenters. The number of unbranched alkanes of at least 4 members (excludes halogenated alkanes) is 9. The molecule has 0 spiro atoms. The van der Waals surface area contributed by atoms with Gasteiger partial charge in [0.25, 0.3) is 10.1 Å². The van der Waals surface area contributed by atoms with Crippen molar-refractivity contribution >= 4 is 16.0 Å². The van der Waals surface area contributed by atoms with Crippen molar-refractivity contribution in [3.05, 3.63) is 0 Å². The van der Waals surface area contributed by atoms with Gasteiger partial charge in [-0.25, -0.2) is 0 Å². The van der Waals surface area contributed by atoms with Crippen LogP contribution in [0.3, 0.4) is 0 Å². The minimum Gasteiger partial charge on any atom is -0.396 e. The van der Waals surface area contributed by atoms with Gasteiger partial charge in [-0.2, -0.15) is 8.42 Å². The summed E-state index contributed by atoms with van der Waals surface area (Å²) in [5.74, 6) is -0.810. The van der Waals surface area contributed by atoms with Crippen molar-refractivity contribution in [2.24, 2.45) is 11.1 Å². The van der Waals surface area contributed by atoms with Gasteiger partial charge in [-0.1, -0.05) is 85.0 Å². The average molecular weight is 441 g/mol. The first-order valence-electron chi connectivity index (χ1n) is 10.6. The minimum atomic E-state index is -3.92. The lowest BCUT2D eigenvalue weighted by molar-refractivity contribution is -0.0463. The monoisotopic (exact) mass is 440 g/mol. The molecule has 0 amide bonds. The standard InChI is InChI=1S/C18H38N2O2.C2H6O4S/c1-4-5-6-7-8-9-10-11-12-13-14-18(22,16(19)20)17(2,3)15-21;3-1-2-7(4,5)6/h21-22H,4-15H2,1-3H3,(H3,19,20);3H,1-2H2,(H,4,5,6). The average Bonchev–Trinajstić information content (AvgIpc) is 2.62. The lowest BCUT2D eigenvalue weighted by Gasteiger charge is -2.40. The highest BCUT2D eigenvalue weighted by molar-refractivity contribution is 7.85. The van der Waals surface area contributed by atoms with E-state index in [2.05, 4.69) is 6.92 Å². The van der Waals surface area contributed by atoms with Gasteiger partial charge in [0, 0.05) is 5.41 Å². The van der Waals surface area contributed by atoms with E-state index in [-0.39, 0.29) is 12.4 Å². The van der Waals surface area contributed by atoms with Gasteiger partial charge in [0.05, 0.1) is 19.0 Å². The number of amidine groups is 1. The molecule has 0 aromatic heterocycles. The molecule has 7 N–H and O–H groups in total. The van der Waals surface area contributed by atoms with Gasteiger partial charge in [-0.3, -0.25) is 9.96 Å². The lowest BCUT2D eigenvalue weighted by atomic mass is 9.71. The van der Waals surface area contributed by atoms with Crippen molar-refractivity contribution in [3.63, 3.8) is 0 Å². The summed E-state index contributed by atoms with van der Waals surface area (Å²) in [5, 5.41) is 35.6. The lowest BCUT2D eigenvalue weighted by Crippen LogP contribution is -2.56. The van der Waals surface area contributed by atoms with Crippen LogP contribution in [0.4, 0.5) is 0 Å². The molecule has 0 saturated heterocycles. The summed E-state index contributed by atoms with van der Waals surface area (Å²) in [4.78, 5) is 0. The van der Waals surface area contributed by atoms with Crippen LogP contribution in [-0.2, 0) is 10.1 Å². The highest BCUT2D eigenvalue weighted by Crippen LogP contribution is 2.35. The van der Waals surface area contributed by atoms with E-state index < -0.39 is 33.5 Å². The fourth-order valence-electron chi connectivity index (χ4n) is 2.95. The van der Waals surface area contributed by atoms with Crippen LogP contribution in [0.2, 0.25) is 0 Å². The molecular formula is C20H44N2O6S. The van der Waals surface area contributed by atoms with Gasteiger partial charge in [0.1, 0.15) is 11.4 Å². The molecule has 9 heteroatoms. The number of aliphatic hydroxyl groups is 3. The predicted molar refractivity (Wildman–Crippen MR) is 118 cm³/mol. The van der Waals surface area contributed by atoms with Crippen molar-refractivity contribution in [2.75, 3.05) is 19.0 Å². The van der Waals surface area contributed by atoms with Crippen molar-refractivity contribution in [2.45, 2.75) is 97.0 Å². The maximum atomic E-state index is 10.6. The van der Waals surface area contributed by atoms with Gasteiger partial charge in [-0.05, 0) is 6.42 Å². The molecule has 0 bridgehead atoms. The van der Waals surface area contributed by atoms with Gasteiger partial charge < -0.3 is 21.1 Å². The molecule has 0 heterocycles. The molecule has 29 heavy (non-hydrogen) atoms. The predicted octanol–water partition coefficient (Wildman–Crippen LogP) is 2.85. The van der Waals surface area contributed by atoms with E-state index in [1.165, 1.54) is 51.4 Å². The quantitative estimate of drug-likeness (QED) is 0.0929. The van der Waals surface area contributed by atoms with Gasteiger partial charge in [-0.15, -0.1) is 0 Å². The van der Waals surface area contributed by atoms with E-state index in [9.17, 15) is 18.6 Å². The van der Waals surface area contributed by atoms with Crippen LogP contribution in [-0.4, -0.2) is 58.7 Å². The third-order valence-corrected chi connectivity index (χ3v) is 5.90. The summed E-state index contributed by atoms with van der Waals surface area (Å²) in [6.07, 6.45) is 12.7. The molecule has 1 atom stereocenters. The smallest absolute Gasteiger partial charge is 0.267 e. The second-order valence-electron chi connectivity index (χ2n) is 8.26. The Kier molecular flexibility index (Phi) is 16.8. The highest BCUT2D eigenvalue weighted by Gasteiger charge is 2.45. The van der Waals surface area contributed by atoms with Crippen LogP contribution in [0.5, 0.6) is 0 Å². The molecule has 0 aromatic carbocycles. The van der Waals surface area contributed by atoms with E-state index >= 15 is 0 Å². The third-order valence-electron chi connectivity index (χ3n) is 5.20. The Morgan fingerprint density at radius 3 is 1.62 bits per heavy atom. The number of nitrogens with two attached hydrogens (primary N) is 1. The zero-order chi connectivity index (χ0) is 23.0. The molecule has 0 radical (unpaired) electrons. The van der Waals surface area contributed by atoms with Crippen molar-refractivity contribution in [1.29, 1.82) is 5.41 Å². The van der Waals surface area contributed by atoms with E-state index in [0.29, 0.717) is 6.42 Å². The third kappa shape index (κ3) is 14.8. The Hall–Kier alpha value is -0.740. The molecule has 8 nitrogen and oxygen atoms in total. The number of rotatable bonds is 16. The van der Waals surface area contributed by atoms with Crippen molar-refractivity contribution < 1.29 is 28.3 Å². The second-order valence-corrected chi connectivity index (χ2v) is 9.83. The molecule has 0 aromatic rings. The van der Waals surface area contributed by atoms with Crippen LogP contribution in [0, 0.1) is 10.8 Å².